The maximum absolute atomic E-state index is 13.6. The van der Waals surface area contributed by atoms with Gasteiger partial charge in [0, 0.05) is 62.6 Å². The van der Waals surface area contributed by atoms with Gasteiger partial charge in [-0.2, -0.15) is 26.3 Å². The van der Waals surface area contributed by atoms with Crippen molar-refractivity contribution >= 4 is 34.8 Å². The lowest BCUT2D eigenvalue weighted by Crippen LogP contribution is -2.43. The lowest BCUT2D eigenvalue weighted by Gasteiger charge is -2.31. The predicted molar refractivity (Wildman–Crippen MR) is 128 cm³/mol. The third kappa shape index (κ3) is 6.16. The first-order chi connectivity index (χ1) is 18.3. The van der Waals surface area contributed by atoms with E-state index in [1.807, 2.05) is 6.07 Å². The maximum atomic E-state index is 13.6. The van der Waals surface area contributed by atoms with Gasteiger partial charge in [0.2, 0.25) is 0 Å². The van der Waals surface area contributed by atoms with Crippen molar-refractivity contribution in [3.05, 3.63) is 47.5 Å². The average molecular weight is 559 g/mol. The number of rotatable bonds is 2. The number of carbonyl (C=O) groups is 2. The van der Waals surface area contributed by atoms with Crippen LogP contribution in [0, 0.1) is 6.92 Å². The maximum Gasteiger partial charge on any atom is 0.490 e. The zero-order valence-electron chi connectivity index (χ0n) is 20.4. The molecule has 39 heavy (non-hydrogen) atoms. The monoisotopic (exact) mass is 559 g/mol. The summed E-state index contributed by atoms with van der Waals surface area (Å²) in [4.78, 5) is 34.0. The van der Waals surface area contributed by atoms with E-state index in [1.54, 1.807) is 13.1 Å². The van der Waals surface area contributed by atoms with E-state index in [0.29, 0.717) is 24.5 Å². The number of halogens is 6. The van der Waals surface area contributed by atoms with Crippen LogP contribution in [-0.4, -0.2) is 70.4 Å². The number of urea groups is 1. The standard InChI is InChI=1S/C21H22F3N7O.C2HF3O2/c1-13-11-30-12-14(10-16(19(30)27-13)21(22,23)24)28-20(32)31-7-3-15-17(2-4-26-18(15)31)29-8-5-25-6-9-29;3-2(4,5)1(6)7/h2,4,10-12,25H,3,5-9H2,1H3,(H,28,32);(H,6,7). The predicted octanol–water partition coefficient (Wildman–Crippen LogP) is 3.69. The van der Waals surface area contributed by atoms with Crippen molar-refractivity contribution in [1.82, 2.24) is 19.7 Å². The van der Waals surface area contributed by atoms with Crippen LogP contribution in [0.25, 0.3) is 5.65 Å². The fourth-order valence-corrected chi connectivity index (χ4v) is 4.36. The number of anilines is 3. The largest absolute Gasteiger partial charge is 0.490 e. The second kappa shape index (κ2) is 10.6. The average Bonchev–Trinajstić information content (AvgIpc) is 3.46. The van der Waals surface area contributed by atoms with Gasteiger partial charge in [0.1, 0.15) is 17.0 Å². The molecule has 16 heteroatoms. The summed E-state index contributed by atoms with van der Waals surface area (Å²) in [6.45, 7) is 5.54. The van der Waals surface area contributed by atoms with E-state index >= 15 is 0 Å². The first kappa shape index (κ1) is 27.9. The van der Waals surface area contributed by atoms with Crippen LogP contribution >= 0.6 is 0 Å². The number of piperazine rings is 1. The summed E-state index contributed by atoms with van der Waals surface area (Å²) < 4.78 is 73.7. The van der Waals surface area contributed by atoms with Crippen molar-refractivity contribution in [2.24, 2.45) is 0 Å². The van der Waals surface area contributed by atoms with Gasteiger partial charge in [-0.25, -0.2) is 19.6 Å². The molecule has 5 heterocycles. The van der Waals surface area contributed by atoms with E-state index in [9.17, 15) is 31.1 Å². The van der Waals surface area contributed by atoms with Crippen molar-refractivity contribution < 1.29 is 41.0 Å². The molecule has 0 atom stereocenters. The van der Waals surface area contributed by atoms with Crippen molar-refractivity contribution in [2.75, 3.05) is 47.8 Å². The minimum Gasteiger partial charge on any atom is -0.475 e. The van der Waals surface area contributed by atoms with Gasteiger partial charge >= 0.3 is 24.4 Å². The molecule has 2 aliphatic rings. The summed E-state index contributed by atoms with van der Waals surface area (Å²) in [6.07, 6.45) is -4.44. The number of carbonyl (C=O) groups excluding carboxylic acids is 1. The third-order valence-corrected chi connectivity index (χ3v) is 6.02. The van der Waals surface area contributed by atoms with Gasteiger partial charge in [-0.3, -0.25) is 4.90 Å². The van der Waals surface area contributed by atoms with Gasteiger partial charge in [0.25, 0.3) is 0 Å². The van der Waals surface area contributed by atoms with Crippen LogP contribution in [0.3, 0.4) is 0 Å². The molecule has 0 bridgehead atoms. The molecule has 210 valence electrons. The van der Waals surface area contributed by atoms with Crippen LogP contribution in [0.2, 0.25) is 0 Å². The number of amides is 2. The number of hydrogen-bond donors (Lipinski definition) is 3. The molecule has 1 fully saturated rings. The highest BCUT2D eigenvalue weighted by Gasteiger charge is 2.38. The highest BCUT2D eigenvalue weighted by atomic mass is 19.4. The first-order valence-electron chi connectivity index (χ1n) is 11.6. The summed E-state index contributed by atoms with van der Waals surface area (Å²) >= 11 is 0. The summed E-state index contributed by atoms with van der Waals surface area (Å²) in [5.74, 6) is -2.21. The molecule has 3 aromatic heterocycles. The van der Waals surface area contributed by atoms with E-state index < -0.39 is 29.9 Å². The molecular weight excluding hydrogens is 536 g/mol. The Balaban J connectivity index is 0.000000448. The van der Waals surface area contributed by atoms with E-state index in [2.05, 4.69) is 25.5 Å². The summed E-state index contributed by atoms with van der Waals surface area (Å²) in [5.41, 5.74) is 1.45. The number of fused-ring (bicyclic) bond motifs is 2. The minimum atomic E-state index is -5.08. The fourth-order valence-electron chi connectivity index (χ4n) is 4.36. The van der Waals surface area contributed by atoms with Gasteiger partial charge in [0.15, 0.2) is 0 Å². The summed E-state index contributed by atoms with van der Waals surface area (Å²) in [5, 5.41) is 13.1. The van der Waals surface area contributed by atoms with Gasteiger partial charge in [-0.15, -0.1) is 0 Å². The van der Waals surface area contributed by atoms with E-state index in [-0.39, 0.29) is 11.3 Å². The highest BCUT2D eigenvalue weighted by Crippen LogP contribution is 2.36. The fraction of sp³-hybridized carbons (Fsp3) is 0.391. The summed E-state index contributed by atoms with van der Waals surface area (Å²) in [7, 11) is 0. The number of pyridine rings is 2. The number of hydrogen-bond acceptors (Lipinski definition) is 6. The quantitative estimate of drug-likeness (QED) is 0.411. The Morgan fingerprint density at radius 1 is 1.08 bits per heavy atom. The Kier molecular flexibility index (Phi) is 7.59. The first-order valence-corrected chi connectivity index (χ1v) is 11.6. The summed E-state index contributed by atoms with van der Waals surface area (Å²) in [6, 6.07) is 2.36. The van der Waals surface area contributed by atoms with E-state index in [1.165, 1.54) is 21.7 Å². The molecule has 0 saturated carbocycles. The zero-order chi connectivity index (χ0) is 28.5. The number of nitrogens with zero attached hydrogens (tertiary/aromatic N) is 5. The second-order valence-electron chi connectivity index (χ2n) is 8.76. The van der Waals surface area contributed by atoms with Crippen molar-refractivity contribution in [3.8, 4) is 0 Å². The lowest BCUT2D eigenvalue weighted by atomic mass is 10.1. The SMILES string of the molecule is Cc1cn2cc(NC(=O)N3CCc4c(N5CCNCC5)ccnc43)cc(C(F)(F)F)c2n1.O=C(O)C(F)(F)F. The highest BCUT2D eigenvalue weighted by molar-refractivity contribution is 6.03. The molecule has 2 amide bonds. The molecule has 3 N–H and O–H groups in total. The van der Waals surface area contributed by atoms with Crippen LogP contribution in [0.5, 0.6) is 0 Å². The smallest absolute Gasteiger partial charge is 0.475 e. The molecule has 0 aliphatic carbocycles. The molecule has 0 radical (unpaired) electrons. The second-order valence-corrected chi connectivity index (χ2v) is 8.76. The van der Waals surface area contributed by atoms with Crippen LogP contribution < -0.4 is 20.4 Å². The Bertz CT molecular complexity index is 1380. The van der Waals surface area contributed by atoms with E-state index in [4.69, 9.17) is 9.90 Å². The van der Waals surface area contributed by atoms with Gasteiger partial charge in [0.05, 0.1) is 11.4 Å². The van der Waals surface area contributed by atoms with Crippen molar-refractivity contribution in [1.29, 1.82) is 0 Å². The Hall–Kier alpha value is -4.08. The third-order valence-electron chi connectivity index (χ3n) is 6.02. The number of nitrogens with one attached hydrogen (secondary N) is 2. The van der Waals surface area contributed by atoms with Crippen LogP contribution in [-0.2, 0) is 17.4 Å². The molecule has 5 rings (SSSR count). The number of aromatic nitrogens is 3. The number of imidazole rings is 1. The number of aliphatic carboxylic acids is 1. The van der Waals surface area contributed by atoms with Gasteiger partial charge < -0.3 is 25.0 Å². The molecular formula is C23H23F6N7O3. The van der Waals surface area contributed by atoms with Crippen molar-refractivity contribution in [3.63, 3.8) is 0 Å². The number of alkyl halides is 6. The molecule has 0 aromatic carbocycles. The van der Waals surface area contributed by atoms with Crippen LogP contribution in [0.4, 0.5) is 48.3 Å². The van der Waals surface area contributed by atoms with Crippen molar-refractivity contribution in [2.45, 2.75) is 25.7 Å². The molecule has 1 saturated heterocycles. The Labute approximate surface area is 217 Å². The molecule has 3 aromatic rings. The Morgan fingerprint density at radius 2 is 1.74 bits per heavy atom. The number of carboxylic acid groups (broad SMARTS) is 1. The van der Waals surface area contributed by atoms with Gasteiger partial charge in [-0.05, 0) is 25.5 Å². The van der Waals surface area contributed by atoms with E-state index in [0.717, 1.165) is 43.5 Å². The molecule has 0 unspecified atom stereocenters. The van der Waals surface area contributed by atoms with Crippen LogP contribution in [0.15, 0.2) is 30.7 Å². The Morgan fingerprint density at radius 3 is 2.36 bits per heavy atom. The molecule has 2 aliphatic heterocycles. The molecule has 10 nitrogen and oxygen atoms in total. The minimum absolute atomic E-state index is 0.0407. The molecule has 0 spiro atoms. The lowest BCUT2D eigenvalue weighted by molar-refractivity contribution is -0.192. The topological polar surface area (TPSA) is 115 Å². The zero-order valence-corrected chi connectivity index (χ0v) is 20.4. The number of carboxylic acids is 1. The normalized spacial score (nSPS) is 15.6. The van der Waals surface area contributed by atoms with Gasteiger partial charge in [-0.1, -0.05) is 0 Å². The number of aryl methyl sites for hydroxylation is 1. The van der Waals surface area contributed by atoms with Crippen LogP contribution in [0.1, 0.15) is 16.8 Å².